The minimum atomic E-state index is -3.97. The molecule has 0 bridgehead atoms. The zero-order valence-corrected chi connectivity index (χ0v) is 14.2. The number of carbonyl (C=O) groups excluding carboxylic acids is 1. The van der Waals surface area contributed by atoms with Gasteiger partial charge in [0.1, 0.15) is 11.6 Å². The van der Waals surface area contributed by atoms with Crippen LogP contribution in [-0.2, 0) is 14.6 Å². The van der Waals surface area contributed by atoms with Crippen LogP contribution in [0.3, 0.4) is 0 Å². The van der Waals surface area contributed by atoms with Gasteiger partial charge in [0.05, 0.1) is 10.6 Å². The number of amides is 1. The fourth-order valence-corrected chi connectivity index (χ4v) is 5.31. The van der Waals surface area contributed by atoms with E-state index < -0.39 is 32.1 Å². The van der Waals surface area contributed by atoms with Gasteiger partial charge in [0.15, 0.2) is 14.6 Å². The van der Waals surface area contributed by atoms with Crippen molar-refractivity contribution in [1.29, 1.82) is 0 Å². The van der Waals surface area contributed by atoms with E-state index in [1.54, 1.807) is 18.2 Å². The molecular formula is C18H17F2NO3S. The number of sulfone groups is 1. The maximum atomic E-state index is 13.8. The van der Waals surface area contributed by atoms with Crippen LogP contribution < -0.4 is 5.32 Å². The number of anilines is 1. The maximum Gasteiger partial charge on any atom is 0.246 e. The quantitative estimate of drug-likeness (QED) is 0.899. The molecule has 0 aromatic heterocycles. The smallest absolute Gasteiger partial charge is 0.246 e. The lowest BCUT2D eigenvalue weighted by molar-refractivity contribution is -0.118. The second-order valence-corrected chi connectivity index (χ2v) is 8.36. The van der Waals surface area contributed by atoms with Crippen LogP contribution in [0.25, 0.3) is 0 Å². The number of rotatable bonds is 4. The number of halogens is 2. The molecule has 0 heterocycles. The molecule has 1 amide bonds. The molecule has 3 rings (SSSR count). The zero-order chi connectivity index (χ0) is 18.1. The number of carbonyl (C=O) groups is 1. The number of hydrogen-bond acceptors (Lipinski definition) is 3. The molecule has 0 unspecified atom stereocenters. The summed E-state index contributed by atoms with van der Waals surface area (Å²) in [5.74, 6) is -2.36. The zero-order valence-electron chi connectivity index (χ0n) is 13.3. The van der Waals surface area contributed by atoms with Gasteiger partial charge in [-0.15, -0.1) is 0 Å². The Kier molecular flexibility index (Phi) is 4.60. The van der Waals surface area contributed by atoms with E-state index >= 15 is 0 Å². The summed E-state index contributed by atoms with van der Waals surface area (Å²) >= 11 is 0. The normalized spacial score (nSPS) is 16.6. The molecule has 0 saturated heterocycles. The van der Waals surface area contributed by atoms with Gasteiger partial charge in [-0.1, -0.05) is 31.0 Å². The number of nitrogens with one attached hydrogen (secondary N) is 1. The minimum Gasteiger partial charge on any atom is -0.322 e. The van der Waals surface area contributed by atoms with Crippen LogP contribution in [-0.4, -0.2) is 19.1 Å². The van der Waals surface area contributed by atoms with Gasteiger partial charge in [-0.3, -0.25) is 4.79 Å². The first-order valence-corrected chi connectivity index (χ1v) is 9.41. The van der Waals surface area contributed by atoms with Crippen LogP contribution in [0.2, 0.25) is 0 Å². The average molecular weight is 365 g/mol. The monoisotopic (exact) mass is 365 g/mol. The molecule has 0 aliphatic heterocycles. The molecule has 2 aromatic rings. The molecule has 1 N–H and O–H groups in total. The van der Waals surface area contributed by atoms with Gasteiger partial charge in [-0.25, -0.2) is 17.2 Å². The maximum absolute atomic E-state index is 13.8. The van der Waals surface area contributed by atoms with E-state index in [1.807, 2.05) is 0 Å². The highest BCUT2D eigenvalue weighted by Crippen LogP contribution is 2.41. The summed E-state index contributed by atoms with van der Waals surface area (Å²) in [5, 5.41) is 2.28. The highest BCUT2D eigenvalue weighted by molar-refractivity contribution is 7.93. The first-order valence-electron chi connectivity index (χ1n) is 7.93. The standard InChI is InChI=1S/C18H17F2NO3S/c19-13-8-9-15(20)16(12-13)21-17(22)18(10-4-5-11-18)25(23,24)14-6-2-1-3-7-14/h1-3,6-9,12H,4-5,10-11H2,(H,21,22). The summed E-state index contributed by atoms with van der Waals surface area (Å²) in [6.45, 7) is 0. The summed E-state index contributed by atoms with van der Waals surface area (Å²) in [6, 6.07) is 10.4. The topological polar surface area (TPSA) is 63.2 Å². The summed E-state index contributed by atoms with van der Waals surface area (Å²) in [6.07, 6.45) is 1.44. The highest BCUT2D eigenvalue weighted by atomic mass is 32.2. The molecule has 2 aromatic carbocycles. The molecular weight excluding hydrogens is 348 g/mol. The summed E-state index contributed by atoms with van der Waals surface area (Å²) in [5.41, 5.74) is -0.362. The Labute approximate surface area is 144 Å². The Morgan fingerprint density at radius 1 is 1.00 bits per heavy atom. The first-order chi connectivity index (χ1) is 11.9. The fraction of sp³-hybridized carbons (Fsp3) is 0.278. The third-order valence-corrected chi connectivity index (χ3v) is 7.08. The molecule has 132 valence electrons. The van der Waals surface area contributed by atoms with Gasteiger partial charge in [0.2, 0.25) is 5.91 Å². The highest BCUT2D eigenvalue weighted by Gasteiger charge is 2.53. The summed E-state index contributed by atoms with van der Waals surface area (Å²) in [4.78, 5) is 12.9. The van der Waals surface area contributed by atoms with Crippen LogP contribution in [0.15, 0.2) is 53.4 Å². The van der Waals surface area contributed by atoms with Crippen LogP contribution in [0.4, 0.5) is 14.5 Å². The second kappa shape index (κ2) is 6.55. The second-order valence-electron chi connectivity index (χ2n) is 6.10. The van der Waals surface area contributed by atoms with Gasteiger partial charge in [-0.05, 0) is 37.1 Å². The fourth-order valence-electron chi connectivity index (χ4n) is 3.22. The van der Waals surface area contributed by atoms with Crippen molar-refractivity contribution in [2.24, 2.45) is 0 Å². The molecule has 0 atom stereocenters. The Morgan fingerprint density at radius 3 is 2.28 bits per heavy atom. The summed E-state index contributed by atoms with van der Waals surface area (Å²) in [7, 11) is -3.97. The molecule has 1 aliphatic carbocycles. The van der Waals surface area contributed by atoms with E-state index in [-0.39, 0.29) is 23.4 Å². The molecule has 1 aliphatic rings. The van der Waals surface area contributed by atoms with Crippen molar-refractivity contribution >= 4 is 21.4 Å². The van der Waals surface area contributed by atoms with Gasteiger partial charge in [0, 0.05) is 6.07 Å². The van der Waals surface area contributed by atoms with Crippen molar-refractivity contribution in [2.45, 2.75) is 35.3 Å². The van der Waals surface area contributed by atoms with E-state index in [9.17, 15) is 22.0 Å². The lowest BCUT2D eigenvalue weighted by Gasteiger charge is -2.27. The van der Waals surface area contributed by atoms with Crippen molar-refractivity contribution in [2.75, 3.05) is 5.32 Å². The van der Waals surface area contributed by atoms with Crippen LogP contribution in [0.1, 0.15) is 25.7 Å². The van der Waals surface area contributed by atoms with Crippen molar-refractivity contribution in [3.8, 4) is 0 Å². The predicted molar refractivity (Wildman–Crippen MR) is 89.8 cm³/mol. The van der Waals surface area contributed by atoms with E-state index in [0.29, 0.717) is 12.8 Å². The van der Waals surface area contributed by atoms with Crippen molar-refractivity contribution in [1.82, 2.24) is 0 Å². The number of benzene rings is 2. The Hall–Kier alpha value is -2.28. The Bertz CT molecular complexity index is 892. The lowest BCUT2D eigenvalue weighted by Crippen LogP contribution is -2.47. The van der Waals surface area contributed by atoms with Crippen LogP contribution >= 0.6 is 0 Å². The molecule has 1 fully saturated rings. The third-order valence-electron chi connectivity index (χ3n) is 4.57. The van der Waals surface area contributed by atoms with Gasteiger partial charge in [-0.2, -0.15) is 0 Å². The van der Waals surface area contributed by atoms with Gasteiger partial charge in [0.25, 0.3) is 0 Å². The predicted octanol–water partition coefficient (Wildman–Crippen LogP) is 3.69. The van der Waals surface area contributed by atoms with E-state index in [2.05, 4.69) is 5.32 Å². The molecule has 25 heavy (non-hydrogen) atoms. The number of hydrogen-bond donors (Lipinski definition) is 1. The van der Waals surface area contributed by atoms with Crippen molar-refractivity contribution < 1.29 is 22.0 Å². The van der Waals surface area contributed by atoms with E-state index in [0.717, 1.165) is 18.2 Å². The van der Waals surface area contributed by atoms with Crippen molar-refractivity contribution in [3.05, 3.63) is 60.2 Å². The average Bonchev–Trinajstić information content (AvgIpc) is 3.10. The lowest BCUT2D eigenvalue weighted by atomic mass is 10.1. The third kappa shape index (κ3) is 3.04. The van der Waals surface area contributed by atoms with Crippen LogP contribution in [0, 0.1) is 11.6 Å². The minimum absolute atomic E-state index is 0.0479. The molecule has 1 saturated carbocycles. The van der Waals surface area contributed by atoms with E-state index in [4.69, 9.17) is 0 Å². The SMILES string of the molecule is O=C(Nc1cc(F)ccc1F)C1(S(=O)(=O)c2ccccc2)CCCC1. The molecule has 4 nitrogen and oxygen atoms in total. The van der Waals surface area contributed by atoms with Crippen LogP contribution in [0.5, 0.6) is 0 Å². The molecule has 0 radical (unpaired) electrons. The Morgan fingerprint density at radius 2 is 1.64 bits per heavy atom. The Balaban J connectivity index is 2.01. The molecule has 7 heteroatoms. The van der Waals surface area contributed by atoms with E-state index in [1.165, 1.54) is 12.1 Å². The summed E-state index contributed by atoms with van der Waals surface area (Å²) < 4.78 is 51.7. The molecule has 0 spiro atoms. The largest absolute Gasteiger partial charge is 0.322 e. The van der Waals surface area contributed by atoms with Gasteiger partial charge < -0.3 is 5.32 Å². The first kappa shape index (κ1) is 17.5. The van der Waals surface area contributed by atoms with Gasteiger partial charge >= 0.3 is 0 Å². The van der Waals surface area contributed by atoms with Crippen molar-refractivity contribution in [3.63, 3.8) is 0 Å².